The van der Waals surface area contributed by atoms with Gasteiger partial charge in [0.25, 0.3) is 5.91 Å². The van der Waals surface area contributed by atoms with Gasteiger partial charge in [-0.25, -0.2) is 4.79 Å². The minimum absolute atomic E-state index is 0.243. The zero-order valence-electron chi connectivity index (χ0n) is 15.7. The Labute approximate surface area is 174 Å². The first-order valence-corrected chi connectivity index (χ1v) is 9.45. The summed E-state index contributed by atoms with van der Waals surface area (Å²) in [5, 5.41) is 0.789. The minimum Gasteiger partial charge on any atom is -0.465 e. The first-order chi connectivity index (χ1) is 13.3. The number of allylic oxidation sites excluding steroid dienone is 1. The lowest BCUT2D eigenvalue weighted by atomic mass is 10.0. The van der Waals surface area contributed by atoms with Crippen LogP contribution < -0.4 is 0 Å². The van der Waals surface area contributed by atoms with Crippen molar-refractivity contribution in [2.45, 2.75) is 19.9 Å². The first kappa shape index (κ1) is 20.2. The number of carbonyl (C=O) groups excluding carboxylic acids is 2. The highest BCUT2D eigenvalue weighted by molar-refractivity contribution is 6.42. The summed E-state index contributed by atoms with van der Waals surface area (Å²) in [6.45, 7) is 3.67. The van der Waals surface area contributed by atoms with Gasteiger partial charge in [0.15, 0.2) is 0 Å². The molecule has 2 aromatic carbocycles. The molecular weight excluding hydrogens is 397 g/mol. The molecule has 0 fully saturated rings. The van der Waals surface area contributed by atoms with Crippen LogP contribution in [0.1, 0.15) is 31.0 Å². The van der Waals surface area contributed by atoms with E-state index >= 15 is 0 Å². The van der Waals surface area contributed by atoms with Crippen molar-refractivity contribution in [1.29, 1.82) is 0 Å². The van der Waals surface area contributed by atoms with Crippen molar-refractivity contribution in [1.82, 2.24) is 4.90 Å². The molecule has 1 amide bonds. The molecule has 1 aliphatic heterocycles. The van der Waals surface area contributed by atoms with Crippen molar-refractivity contribution >= 4 is 41.2 Å². The van der Waals surface area contributed by atoms with Crippen molar-refractivity contribution in [3.05, 3.63) is 86.5 Å². The van der Waals surface area contributed by atoms with Gasteiger partial charge in [-0.2, -0.15) is 0 Å². The van der Waals surface area contributed by atoms with Gasteiger partial charge in [-0.15, -0.1) is 0 Å². The monoisotopic (exact) mass is 415 g/mol. The molecule has 0 aliphatic carbocycles. The molecule has 0 bridgehead atoms. The van der Waals surface area contributed by atoms with Gasteiger partial charge >= 0.3 is 5.97 Å². The summed E-state index contributed by atoms with van der Waals surface area (Å²) < 4.78 is 4.93. The number of hydrogen-bond donors (Lipinski definition) is 0. The number of halogens is 2. The van der Waals surface area contributed by atoms with Crippen molar-refractivity contribution in [2.24, 2.45) is 0 Å². The van der Waals surface area contributed by atoms with Crippen LogP contribution in [0.2, 0.25) is 10.0 Å². The minimum atomic E-state index is -0.556. The number of esters is 1. The predicted molar refractivity (Wildman–Crippen MR) is 111 cm³/mol. The highest BCUT2D eigenvalue weighted by Crippen LogP contribution is 2.38. The van der Waals surface area contributed by atoms with Gasteiger partial charge in [-0.1, -0.05) is 59.6 Å². The van der Waals surface area contributed by atoms with E-state index in [4.69, 9.17) is 27.9 Å². The van der Waals surface area contributed by atoms with E-state index in [1.165, 1.54) is 7.11 Å². The molecule has 1 atom stereocenters. The van der Waals surface area contributed by atoms with Crippen molar-refractivity contribution < 1.29 is 14.3 Å². The zero-order valence-corrected chi connectivity index (χ0v) is 17.2. The number of methoxy groups -OCH3 is 1. The molecule has 2 aromatic rings. The van der Waals surface area contributed by atoms with Crippen LogP contribution in [0.15, 0.2) is 65.4 Å². The number of hydrogen-bond acceptors (Lipinski definition) is 3. The van der Waals surface area contributed by atoms with Gasteiger partial charge in [0.05, 0.1) is 34.3 Å². The quantitative estimate of drug-likeness (QED) is 0.494. The summed E-state index contributed by atoms with van der Waals surface area (Å²) in [4.78, 5) is 27.3. The second kappa shape index (κ2) is 8.21. The first-order valence-electron chi connectivity index (χ1n) is 8.70. The molecule has 0 N–H and O–H groups in total. The fourth-order valence-corrected chi connectivity index (χ4v) is 3.62. The summed E-state index contributed by atoms with van der Waals surface area (Å²) in [5.41, 5.74) is 2.71. The summed E-state index contributed by atoms with van der Waals surface area (Å²) in [6, 6.07) is 14.4. The molecule has 0 aromatic heterocycles. The Hall–Kier alpha value is -2.56. The molecule has 3 rings (SSSR count). The molecule has 4 nitrogen and oxygen atoms in total. The number of nitrogens with zero attached hydrogens (tertiary/aromatic N) is 1. The topological polar surface area (TPSA) is 46.6 Å². The zero-order chi connectivity index (χ0) is 20.4. The third kappa shape index (κ3) is 3.71. The number of benzene rings is 2. The maximum atomic E-state index is 13.3. The largest absolute Gasteiger partial charge is 0.465 e. The molecule has 1 unspecified atom stereocenters. The van der Waals surface area contributed by atoms with Crippen LogP contribution in [0.25, 0.3) is 6.08 Å². The molecular formula is C22H19Cl2NO3. The number of amides is 1. The van der Waals surface area contributed by atoms with E-state index < -0.39 is 5.97 Å². The van der Waals surface area contributed by atoms with Crippen molar-refractivity contribution in [3.8, 4) is 0 Å². The summed E-state index contributed by atoms with van der Waals surface area (Å²) in [6.07, 6.45) is 1.64. The maximum Gasteiger partial charge on any atom is 0.340 e. The lowest BCUT2D eigenvalue weighted by Crippen LogP contribution is -2.28. The summed E-state index contributed by atoms with van der Waals surface area (Å²) >= 11 is 12.1. The lowest BCUT2D eigenvalue weighted by Gasteiger charge is -2.26. The SMILES string of the molecule is COC(=O)C1=C(C)N(C(C)c2ccccc2)C(=O)C1=Cc1ccc(Cl)c(Cl)c1. The highest BCUT2D eigenvalue weighted by Gasteiger charge is 2.39. The second-order valence-electron chi connectivity index (χ2n) is 6.45. The van der Waals surface area contributed by atoms with Crippen LogP contribution >= 0.6 is 23.2 Å². The lowest BCUT2D eigenvalue weighted by molar-refractivity contribution is -0.136. The van der Waals surface area contributed by atoms with Crippen LogP contribution in [-0.4, -0.2) is 23.9 Å². The molecule has 28 heavy (non-hydrogen) atoms. The molecule has 1 heterocycles. The Balaban J connectivity index is 2.10. The normalized spacial score (nSPS) is 16.7. The Morgan fingerprint density at radius 1 is 1.11 bits per heavy atom. The van der Waals surface area contributed by atoms with E-state index in [0.29, 0.717) is 21.3 Å². The standard InChI is InChI=1S/C22H19Cl2NO3/c1-13(16-7-5-4-6-8-16)25-14(2)20(22(27)28-3)17(21(25)26)11-15-9-10-18(23)19(24)12-15/h4-13H,1-3H3. The van der Waals surface area contributed by atoms with E-state index in [0.717, 1.165) is 5.56 Å². The average molecular weight is 416 g/mol. The molecule has 6 heteroatoms. The highest BCUT2D eigenvalue weighted by atomic mass is 35.5. The van der Waals surface area contributed by atoms with Gasteiger partial charge in [0, 0.05) is 5.70 Å². The number of ether oxygens (including phenoxy) is 1. The molecule has 144 valence electrons. The summed E-state index contributed by atoms with van der Waals surface area (Å²) in [7, 11) is 1.30. The fraction of sp³-hybridized carbons (Fsp3) is 0.182. The molecule has 0 saturated carbocycles. The van der Waals surface area contributed by atoms with Crippen LogP contribution in [0, 0.1) is 0 Å². The Morgan fingerprint density at radius 3 is 2.39 bits per heavy atom. The van der Waals surface area contributed by atoms with Crippen molar-refractivity contribution in [3.63, 3.8) is 0 Å². The van der Waals surface area contributed by atoms with Crippen LogP contribution in [0.5, 0.6) is 0 Å². The van der Waals surface area contributed by atoms with Crippen molar-refractivity contribution in [2.75, 3.05) is 7.11 Å². The Kier molecular flexibility index (Phi) is 5.92. The van der Waals surface area contributed by atoms with Crippen LogP contribution in [0.3, 0.4) is 0 Å². The molecule has 0 spiro atoms. The Morgan fingerprint density at radius 2 is 1.79 bits per heavy atom. The fourth-order valence-electron chi connectivity index (χ4n) is 3.31. The third-order valence-electron chi connectivity index (χ3n) is 4.76. The van der Waals surface area contributed by atoms with Crippen LogP contribution in [-0.2, 0) is 14.3 Å². The molecule has 1 aliphatic rings. The summed E-state index contributed by atoms with van der Waals surface area (Å²) in [5.74, 6) is -0.819. The number of carbonyl (C=O) groups is 2. The maximum absolute atomic E-state index is 13.3. The molecule has 0 radical (unpaired) electrons. The van der Waals surface area contributed by atoms with E-state index in [1.807, 2.05) is 37.3 Å². The Bertz CT molecular complexity index is 996. The van der Waals surface area contributed by atoms with E-state index in [2.05, 4.69) is 0 Å². The predicted octanol–water partition coefficient (Wildman–Crippen LogP) is 5.43. The number of rotatable bonds is 4. The van der Waals surface area contributed by atoms with E-state index in [1.54, 1.807) is 36.1 Å². The van der Waals surface area contributed by atoms with Gasteiger partial charge in [0.1, 0.15) is 0 Å². The van der Waals surface area contributed by atoms with Gasteiger partial charge in [0.2, 0.25) is 0 Å². The third-order valence-corrected chi connectivity index (χ3v) is 5.49. The average Bonchev–Trinajstić information content (AvgIpc) is 2.94. The van der Waals surface area contributed by atoms with Gasteiger partial charge < -0.3 is 9.64 Å². The van der Waals surface area contributed by atoms with Gasteiger partial charge in [-0.05, 0) is 43.2 Å². The van der Waals surface area contributed by atoms with E-state index in [-0.39, 0.29) is 23.1 Å². The van der Waals surface area contributed by atoms with Crippen LogP contribution in [0.4, 0.5) is 0 Å². The van der Waals surface area contributed by atoms with Gasteiger partial charge in [-0.3, -0.25) is 4.79 Å². The smallest absolute Gasteiger partial charge is 0.340 e. The molecule has 0 saturated heterocycles. The second-order valence-corrected chi connectivity index (χ2v) is 7.26. The van der Waals surface area contributed by atoms with E-state index in [9.17, 15) is 9.59 Å².